The molecule has 0 saturated heterocycles. The van der Waals surface area contributed by atoms with E-state index in [-0.39, 0.29) is 6.61 Å². The summed E-state index contributed by atoms with van der Waals surface area (Å²) in [6.07, 6.45) is 6.37. The van der Waals surface area contributed by atoms with E-state index in [2.05, 4.69) is 31.0 Å². The van der Waals surface area contributed by atoms with Gasteiger partial charge in [0.2, 0.25) is 0 Å². The molecule has 18 heavy (non-hydrogen) atoms. The Hall–Kier alpha value is -0.120. The van der Waals surface area contributed by atoms with Gasteiger partial charge >= 0.3 is 0 Å². The smallest absolute Gasteiger partial charge is 0.0558 e. The molecule has 1 unspecified atom stereocenters. The molecule has 2 N–H and O–H groups in total. The van der Waals surface area contributed by atoms with Crippen LogP contribution >= 0.6 is 0 Å². The fourth-order valence-corrected chi connectivity index (χ4v) is 2.30. The van der Waals surface area contributed by atoms with Crippen LogP contribution in [0.15, 0.2) is 0 Å². The first-order valence-corrected chi connectivity index (χ1v) is 7.70. The van der Waals surface area contributed by atoms with Crippen LogP contribution in [0.25, 0.3) is 0 Å². The van der Waals surface area contributed by atoms with Crippen LogP contribution in [-0.4, -0.2) is 48.8 Å². The summed E-state index contributed by atoms with van der Waals surface area (Å²) in [5.41, 5.74) is 0.339. The standard InChI is InChI=1S/C15H32N2O/c1-4-6-9-17(10-11-18)13-15(3,5-2)12-16-14-7-8-14/h14,16,18H,4-13H2,1-3H3. The summed E-state index contributed by atoms with van der Waals surface area (Å²) < 4.78 is 0. The van der Waals surface area contributed by atoms with Crippen LogP contribution in [0.3, 0.4) is 0 Å². The van der Waals surface area contributed by atoms with E-state index in [1.165, 1.54) is 32.1 Å². The first-order valence-electron chi connectivity index (χ1n) is 7.70. The van der Waals surface area contributed by atoms with E-state index in [1.807, 2.05) is 0 Å². The monoisotopic (exact) mass is 256 g/mol. The highest BCUT2D eigenvalue weighted by molar-refractivity contribution is 4.86. The summed E-state index contributed by atoms with van der Waals surface area (Å²) in [5.74, 6) is 0. The molecular formula is C15H32N2O. The third-order valence-electron chi connectivity index (χ3n) is 4.10. The second-order valence-electron chi connectivity index (χ2n) is 6.17. The van der Waals surface area contributed by atoms with Crippen LogP contribution in [0, 0.1) is 5.41 Å². The average molecular weight is 256 g/mol. The molecule has 0 aromatic rings. The van der Waals surface area contributed by atoms with Gasteiger partial charge in [0.05, 0.1) is 6.61 Å². The van der Waals surface area contributed by atoms with E-state index in [9.17, 15) is 5.11 Å². The molecule has 0 aromatic heterocycles. The van der Waals surface area contributed by atoms with Crippen molar-refractivity contribution < 1.29 is 5.11 Å². The largest absolute Gasteiger partial charge is 0.395 e. The Morgan fingerprint density at radius 2 is 2.00 bits per heavy atom. The van der Waals surface area contributed by atoms with E-state index in [1.54, 1.807) is 0 Å². The summed E-state index contributed by atoms with van der Waals surface area (Å²) in [5, 5.41) is 12.8. The van der Waals surface area contributed by atoms with Gasteiger partial charge in [-0.1, -0.05) is 27.2 Å². The number of unbranched alkanes of at least 4 members (excludes halogenated alkanes) is 1. The van der Waals surface area contributed by atoms with Crippen molar-refractivity contribution in [3.8, 4) is 0 Å². The molecule has 1 rings (SSSR count). The maximum absolute atomic E-state index is 9.18. The first kappa shape index (κ1) is 15.9. The highest BCUT2D eigenvalue weighted by atomic mass is 16.3. The number of aliphatic hydroxyl groups is 1. The highest BCUT2D eigenvalue weighted by Gasteiger charge is 2.28. The number of hydrogen-bond acceptors (Lipinski definition) is 3. The van der Waals surface area contributed by atoms with Crippen LogP contribution in [0.4, 0.5) is 0 Å². The van der Waals surface area contributed by atoms with Crippen LogP contribution in [0.5, 0.6) is 0 Å². The van der Waals surface area contributed by atoms with Crippen molar-refractivity contribution in [3.05, 3.63) is 0 Å². The Balaban J connectivity index is 2.38. The molecule has 3 heteroatoms. The van der Waals surface area contributed by atoms with Crippen LogP contribution in [-0.2, 0) is 0 Å². The molecule has 1 atom stereocenters. The lowest BCUT2D eigenvalue weighted by Gasteiger charge is -2.35. The van der Waals surface area contributed by atoms with E-state index >= 15 is 0 Å². The lowest BCUT2D eigenvalue weighted by molar-refractivity contribution is 0.127. The Kier molecular flexibility index (Phi) is 7.20. The van der Waals surface area contributed by atoms with Crippen LogP contribution in [0.2, 0.25) is 0 Å². The van der Waals surface area contributed by atoms with Crippen molar-refractivity contribution >= 4 is 0 Å². The van der Waals surface area contributed by atoms with E-state index < -0.39 is 0 Å². The maximum atomic E-state index is 9.18. The number of aliphatic hydroxyl groups excluding tert-OH is 1. The molecule has 1 aliphatic carbocycles. The zero-order valence-corrected chi connectivity index (χ0v) is 12.5. The summed E-state index contributed by atoms with van der Waals surface area (Å²) in [7, 11) is 0. The molecular weight excluding hydrogens is 224 g/mol. The van der Waals surface area contributed by atoms with Crippen LogP contribution < -0.4 is 5.32 Å². The second-order valence-corrected chi connectivity index (χ2v) is 6.17. The van der Waals surface area contributed by atoms with Crippen LogP contribution in [0.1, 0.15) is 52.9 Å². The molecule has 1 aliphatic rings. The molecule has 0 spiro atoms. The van der Waals surface area contributed by atoms with Gasteiger partial charge in [-0.2, -0.15) is 0 Å². The molecule has 1 saturated carbocycles. The highest BCUT2D eigenvalue weighted by Crippen LogP contribution is 2.25. The quantitative estimate of drug-likeness (QED) is 0.595. The van der Waals surface area contributed by atoms with Gasteiger partial charge < -0.3 is 15.3 Å². The zero-order chi connectivity index (χ0) is 13.4. The molecule has 0 aromatic carbocycles. The van der Waals surface area contributed by atoms with E-state index in [0.29, 0.717) is 5.41 Å². The van der Waals surface area contributed by atoms with Crippen molar-refractivity contribution in [2.45, 2.75) is 58.9 Å². The van der Waals surface area contributed by atoms with E-state index in [4.69, 9.17) is 0 Å². The predicted octanol–water partition coefficient (Wildman–Crippen LogP) is 2.25. The summed E-state index contributed by atoms with van der Waals surface area (Å²) in [4.78, 5) is 2.43. The van der Waals surface area contributed by atoms with Gasteiger partial charge in [-0.05, 0) is 37.6 Å². The van der Waals surface area contributed by atoms with Gasteiger partial charge in [0.25, 0.3) is 0 Å². The Labute approximate surface area is 113 Å². The van der Waals surface area contributed by atoms with Gasteiger partial charge in [0.15, 0.2) is 0 Å². The average Bonchev–Trinajstić information content (AvgIpc) is 3.18. The first-order chi connectivity index (χ1) is 8.63. The molecule has 1 fully saturated rings. The molecule has 0 radical (unpaired) electrons. The fourth-order valence-electron chi connectivity index (χ4n) is 2.30. The van der Waals surface area contributed by atoms with Crippen molar-refractivity contribution in [2.24, 2.45) is 5.41 Å². The fraction of sp³-hybridized carbons (Fsp3) is 1.00. The van der Waals surface area contributed by atoms with Gasteiger partial charge in [-0.3, -0.25) is 0 Å². The number of hydrogen-bond donors (Lipinski definition) is 2. The Bertz CT molecular complexity index is 219. The minimum absolute atomic E-state index is 0.277. The number of rotatable bonds is 11. The van der Waals surface area contributed by atoms with Crippen molar-refractivity contribution in [2.75, 3.05) is 32.8 Å². The lowest BCUT2D eigenvalue weighted by Crippen LogP contribution is -2.43. The SMILES string of the molecule is CCCCN(CCO)CC(C)(CC)CNC1CC1. The molecule has 3 nitrogen and oxygen atoms in total. The zero-order valence-electron chi connectivity index (χ0n) is 12.5. The minimum atomic E-state index is 0.277. The normalized spacial score (nSPS) is 19.2. The molecule has 108 valence electrons. The van der Waals surface area contributed by atoms with Gasteiger partial charge in [-0.15, -0.1) is 0 Å². The van der Waals surface area contributed by atoms with Gasteiger partial charge in [-0.25, -0.2) is 0 Å². The Morgan fingerprint density at radius 3 is 2.50 bits per heavy atom. The third-order valence-corrected chi connectivity index (χ3v) is 4.10. The molecule has 0 aliphatic heterocycles. The summed E-state index contributed by atoms with van der Waals surface area (Å²) in [6.45, 7) is 11.3. The number of nitrogens with one attached hydrogen (secondary N) is 1. The molecule has 0 heterocycles. The molecule has 0 amide bonds. The topological polar surface area (TPSA) is 35.5 Å². The molecule has 0 bridgehead atoms. The van der Waals surface area contributed by atoms with Crippen molar-refractivity contribution in [1.29, 1.82) is 0 Å². The lowest BCUT2D eigenvalue weighted by atomic mass is 9.86. The van der Waals surface area contributed by atoms with Crippen molar-refractivity contribution in [1.82, 2.24) is 10.2 Å². The number of nitrogens with zero attached hydrogens (tertiary/aromatic N) is 1. The summed E-state index contributed by atoms with van der Waals surface area (Å²) >= 11 is 0. The van der Waals surface area contributed by atoms with Crippen molar-refractivity contribution in [3.63, 3.8) is 0 Å². The summed E-state index contributed by atoms with van der Waals surface area (Å²) in [6, 6.07) is 0.790. The minimum Gasteiger partial charge on any atom is -0.395 e. The Morgan fingerprint density at radius 1 is 1.28 bits per heavy atom. The van der Waals surface area contributed by atoms with E-state index in [0.717, 1.165) is 32.2 Å². The van der Waals surface area contributed by atoms with Gasteiger partial charge in [0, 0.05) is 25.7 Å². The predicted molar refractivity (Wildman–Crippen MR) is 77.9 cm³/mol. The van der Waals surface area contributed by atoms with Gasteiger partial charge in [0.1, 0.15) is 0 Å². The second kappa shape index (κ2) is 8.13. The third kappa shape index (κ3) is 6.17. The maximum Gasteiger partial charge on any atom is 0.0558 e.